The molecule has 1 aliphatic heterocycles. The predicted molar refractivity (Wildman–Crippen MR) is 72.6 cm³/mol. The molecule has 1 aliphatic rings. The Morgan fingerprint density at radius 3 is 3.06 bits per heavy atom. The van der Waals surface area contributed by atoms with E-state index < -0.39 is 0 Å². The monoisotopic (exact) mass is 249 g/mol. The standard InChI is InChI=1S/C14H23N3O/c1-2-9-17(11-12-5-3-7-15-10-12)14(18)13-6-4-8-16-13/h4,6,8,12,15-16H,2-3,5,7,9-11H2,1H3. The number of H-pyrrole nitrogens is 1. The average Bonchev–Trinajstić information content (AvgIpc) is 2.92. The van der Waals surface area contributed by atoms with Crippen LogP contribution in [0.25, 0.3) is 0 Å². The third kappa shape index (κ3) is 3.35. The summed E-state index contributed by atoms with van der Waals surface area (Å²) >= 11 is 0. The van der Waals surface area contributed by atoms with E-state index in [-0.39, 0.29) is 5.91 Å². The second kappa shape index (κ2) is 6.59. The molecule has 4 heteroatoms. The second-order valence-electron chi connectivity index (χ2n) is 5.05. The van der Waals surface area contributed by atoms with E-state index >= 15 is 0 Å². The van der Waals surface area contributed by atoms with Gasteiger partial charge in [0.2, 0.25) is 0 Å². The molecule has 1 aromatic heterocycles. The van der Waals surface area contributed by atoms with Crippen LogP contribution in [0.4, 0.5) is 0 Å². The van der Waals surface area contributed by atoms with Crippen LogP contribution in [0.3, 0.4) is 0 Å². The molecular formula is C14H23N3O. The lowest BCUT2D eigenvalue weighted by molar-refractivity contribution is 0.0713. The zero-order valence-electron chi connectivity index (χ0n) is 11.1. The molecular weight excluding hydrogens is 226 g/mol. The summed E-state index contributed by atoms with van der Waals surface area (Å²) in [6.45, 7) is 5.99. The van der Waals surface area contributed by atoms with Crippen molar-refractivity contribution in [3.05, 3.63) is 24.0 Å². The van der Waals surface area contributed by atoms with Crippen molar-refractivity contribution in [2.75, 3.05) is 26.2 Å². The van der Waals surface area contributed by atoms with Crippen molar-refractivity contribution in [1.29, 1.82) is 0 Å². The summed E-state index contributed by atoms with van der Waals surface area (Å²) < 4.78 is 0. The summed E-state index contributed by atoms with van der Waals surface area (Å²) in [6, 6.07) is 3.73. The van der Waals surface area contributed by atoms with Gasteiger partial charge in [0, 0.05) is 19.3 Å². The van der Waals surface area contributed by atoms with Gasteiger partial charge in [-0.15, -0.1) is 0 Å². The lowest BCUT2D eigenvalue weighted by atomic mass is 9.99. The van der Waals surface area contributed by atoms with Crippen molar-refractivity contribution in [3.8, 4) is 0 Å². The van der Waals surface area contributed by atoms with E-state index in [1.165, 1.54) is 12.8 Å². The van der Waals surface area contributed by atoms with Crippen LogP contribution in [0.15, 0.2) is 18.3 Å². The first-order valence-electron chi connectivity index (χ1n) is 6.94. The minimum atomic E-state index is 0.132. The Balaban J connectivity index is 1.96. The Bertz CT molecular complexity index is 355. The summed E-state index contributed by atoms with van der Waals surface area (Å²) in [5, 5.41) is 3.41. The average molecular weight is 249 g/mol. The van der Waals surface area contributed by atoms with Crippen molar-refractivity contribution >= 4 is 5.91 Å². The predicted octanol–water partition coefficient (Wildman–Crippen LogP) is 1.87. The topological polar surface area (TPSA) is 48.1 Å². The van der Waals surface area contributed by atoms with Gasteiger partial charge in [-0.3, -0.25) is 4.79 Å². The number of piperidine rings is 1. The molecule has 0 radical (unpaired) electrons. The van der Waals surface area contributed by atoms with Crippen LogP contribution in [0.2, 0.25) is 0 Å². The molecule has 1 amide bonds. The van der Waals surface area contributed by atoms with Crippen LogP contribution in [0.5, 0.6) is 0 Å². The van der Waals surface area contributed by atoms with E-state index in [9.17, 15) is 4.79 Å². The van der Waals surface area contributed by atoms with Crippen LogP contribution in [0.1, 0.15) is 36.7 Å². The summed E-state index contributed by atoms with van der Waals surface area (Å²) in [4.78, 5) is 17.3. The van der Waals surface area contributed by atoms with Gasteiger partial charge in [0.05, 0.1) is 0 Å². The number of rotatable bonds is 5. The molecule has 0 aromatic carbocycles. The maximum Gasteiger partial charge on any atom is 0.270 e. The normalized spacial score (nSPS) is 19.7. The molecule has 2 N–H and O–H groups in total. The van der Waals surface area contributed by atoms with E-state index in [0.717, 1.165) is 32.6 Å². The lowest BCUT2D eigenvalue weighted by Crippen LogP contribution is -2.41. The number of hydrogen-bond acceptors (Lipinski definition) is 2. The fourth-order valence-electron chi connectivity index (χ4n) is 2.57. The van der Waals surface area contributed by atoms with Gasteiger partial charge in [0.25, 0.3) is 5.91 Å². The van der Waals surface area contributed by atoms with Gasteiger partial charge in [-0.2, -0.15) is 0 Å². The number of nitrogens with one attached hydrogen (secondary N) is 2. The maximum atomic E-state index is 12.3. The molecule has 1 atom stereocenters. The van der Waals surface area contributed by atoms with Crippen LogP contribution in [-0.2, 0) is 0 Å². The van der Waals surface area contributed by atoms with Gasteiger partial charge in [0.1, 0.15) is 5.69 Å². The molecule has 1 unspecified atom stereocenters. The van der Waals surface area contributed by atoms with Crippen molar-refractivity contribution < 1.29 is 4.79 Å². The Morgan fingerprint density at radius 1 is 1.56 bits per heavy atom. The summed E-state index contributed by atoms with van der Waals surface area (Å²) in [6.07, 6.45) is 5.26. The molecule has 18 heavy (non-hydrogen) atoms. The smallest absolute Gasteiger partial charge is 0.270 e. The summed E-state index contributed by atoms with van der Waals surface area (Å²) in [5.41, 5.74) is 0.701. The quantitative estimate of drug-likeness (QED) is 0.837. The minimum Gasteiger partial charge on any atom is -0.357 e. The molecule has 4 nitrogen and oxygen atoms in total. The van der Waals surface area contributed by atoms with Crippen LogP contribution in [0, 0.1) is 5.92 Å². The number of amides is 1. The van der Waals surface area contributed by atoms with Crippen LogP contribution in [-0.4, -0.2) is 42.0 Å². The Labute approximate surface area is 109 Å². The molecule has 1 aromatic rings. The number of aromatic nitrogens is 1. The highest BCUT2D eigenvalue weighted by molar-refractivity contribution is 5.92. The molecule has 2 rings (SSSR count). The largest absolute Gasteiger partial charge is 0.357 e. The Kier molecular flexibility index (Phi) is 4.81. The number of hydrogen-bond donors (Lipinski definition) is 2. The third-order valence-electron chi connectivity index (χ3n) is 3.49. The van der Waals surface area contributed by atoms with E-state index in [1.807, 2.05) is 17.0 Å². The second-order valence-corrected chi connectivity index (χ2v) is 5.05. The van der Waals surface area contributed by atoms with Gasteiger partial charge >= 0.3 is 0 Å². The Morgan fingerprint density at radius 2 is 2.44 bits per heavy atom. The van der Waals surface area contributed by atoms with E-state index in [1.54, 1.807) is 6.20 Å². The highest BCUT2D eigenvalue weighted by Crippen LogP contribution is 2.14. The van der Waals surface area contributed by atoms with Crippen molar-refractivity contribution in [1.82, 2.24) is 15.2 Å². The van der Waals surface area contributed by atoms with Gasteiger partial charge < -0.3 is 15.2 Å². The molecule has 1 fully saturated rings. The summed E-state index contributed by atoms with van der Waals surface area (Å²) in [5.74, 6) is 0.733. The van der Waals surface area contributed by atoms with Gasteiger partial charge in [-0.1, -0.05) is 6.92 Å². The SMILES string of the molecule is CCCN(CC1CCCNC1)C(=O)c1ccc[nH]1. The zero-order chi connectivity index (χ0) is 12.8. The van der Waals surface area contributed by atoms with Gasteiger partial charge in [0.15, 0.2) is 0 Å². The molecule has 0 spiro atoms. The zero-order valence-corrected chi connectivity index (χ0v) is 11.1. The van der Waals surface area contributed by atoms with Crippen molar-refractivity contribution in [3.63, 3.8) is 0 Å². The fraction of sp³-hybridized carbons (Fsp3) is 0.643. The number of aromatic amines is 1. The molecule has 0 saturated carbocycles. The van der Waals surface area contributed by atoms with E-state index in [4.69, 9.17) is 0 Å². The van der Waals surface area contributed by atoms with Crippen molar-refractivity contribution in [2.45, 2.75) is 26.2 Å². The first kappa shape index (κ1) is 13.1. The number of carbonyl (C=O) groups excluding carboxylic acids is 1. The minimum absolute atomic E-state index is 0.132. The van der Waals surface area contributed by atoms with Crippen LogP contribution >= 0.6 is 0 Å². The van der Waals surface area contributed by atoms with Gasteiger partial charge in [-0.05, 0) is 50.4 Å². The molecule has 2 heterocycles. The first-order chi connectivity index (χ1) is 8.81. The summed E-state index contributed by atoms with van der Waals surface area (Å²) in [7, 11) is 0. The number of nitrogens with zero attached hydrogens (tertiary/aromatic N) is 1. The maximum absolute atomic E-state index is 12.3. The van der Waals surface area contributed by atoms with Crippen molar-refractivity contribution in [2.24, 2.45) is 5.92 Å². The molecule has 0 bridgehead atoms. The molecule has 1 saturated heterocycles. The number of carbonyl (C=O) groups is 1. The van der Waals surface area contributed by atoms with E-state index in [0.29, 0.717) is 11.6 Å². The fourth-order valence-corrected chi connectivity index (χ4v) is 2.57. The van der Waals surface area contributed by atoms with Gasteiger partial charge in [-0.25, -0.2) is 0 Å². The molecule has 0 aliphatic carbocycles. The van der Waals surface area contributed by atoms with E-state index in [2.05, 4.69) is 17.2 Å². The third-order valence-corrected chi connectivity index (χ3v) is 3.49. The highest BCUT2D eigenvalue weighted by Gasteiger charge is 2.21. The first-order valence-corrected chi connectivity index (χ1v) is 6.94. The lowest BCUT2D eigenvalue weighted by Gasteiger charge is -2.29. The Hall–Kier alpha value is -1.29. The van der Waals surface area contributed by atoms with Crippen LogP contribution < -0.4 is 5.32 Å². The molecule has 100 valence electrons. The highest BCUT2D eigenvalue weighted by atomic mass is 16.2.